The van der Waals surface area contributed by atoms with E-state index in [4.69, 9.17) is 5.73 Å². The molecule has 0 atom stereocenters. The van der Waals surface area contributed by atoms with Crippen LogP contribution in [0.2, 0.25) is 0 Å². The molecule has 12 heavy (non-hydrogen) atoms. The van der Waals surface area contributed by atoms with E-state index in [2.05, 4.69) is 6.58 Å². The van der Waals surface area contributed by atoms with Crippen molar-refractivity contribution in [1.82, 2.24) is 0 Å². The normalized spacial score (nSPS) is 11.3. The largest absolute Gasteiger partial charge is 0.329 e. The minimum Gasteiger partial charge on any atom is -0.329 e. The van der Waals surface area contributed by atoms with Gasteiger partial charge in [0.15, 0.2) is 0 Å². The minimum atomic E-state index is -0.391. The van der Waals surface area contributed by atoms with E-state index >= 15 is 0 Å². The SMILES string of the molecule is C=C(CC)CC(=O)C(C)(C)CN. The van der Waals surface area contributed by atoms with Crippen LogP contribution in [-0.2, 0) is 4.79 Å². The summed E-state index contributed by atoms with van der Waals surface area (Å²) in [5.41, 5.74) is 6.07. The van der Waals surface area contributed by atoms with Crippen LogP contribution in [0.3, 0.4) is 0 Å². The Labute approximate surface area is 74.8 Å². The molecular formula is C10H19NO. The molecule has 2 heteroatoms. The van der Waals surface area contributed by atoms with Gasteiger partial charge in [0.25, 0.3) is 0 Å². The number of ketones is 1. The molecular weight excluding hydrogens is 150 g/mol. The zero-order valence-electron chi connectivity index (χ0n) is 8.31. The molecule has 70 valence electrons. The third-order valence-corrected chi connectivity index (χ3v) is 2.18. The number of rotatable bonds is 5. The molecule has 0 saturated carbocycles. The Morgan fingerprint density at radius 3 is 2.33 bits per heavy atom. The van der Waals surface area contributed by atoms with Crippen molar-refractivity contribution in [2.24, 2.45) is 11.1 Å². The van der Waals surface area contributed by atoms with Crippen LogP contribution in [0.25, 0.3) is 0 Å². The van der Waals surface area contributed by atoms with E-state index < -0.39 is 5.41 Å². The number of hydrogen-bond donors (Lipinski definition) is 1. The lowest BCUT2D eigenvalue weighted by Crippen LogP contribution is -2.32. The number of Topliss-reactive ketones (excluding diaryl/α,β-unsaturated/α-hetero) is 1. The van der Waals surface area contributed by atoms with Crippen molar-refractivity contribution in [2.45, 2.75) is 33.6 Å². The van der Waals surface area contributed by atoms with E-state index in [0.717, 1.165) is 12.0 Å². The Hall–Kier alpha value is -0.630. The zero-order chi connectivity index (χ0) is 9.78. The van der Waals surface area contributed by atoms with E-state index in [-0.39, 0.29) is 5.78 Å². The number of hydrogen-bond acceptors (Lipinski definition) is 2. The average molecular weight is 169 g/mol. The Morgan fingerprint density at radius 1 is 1.50 bits per heavy atom. The van der Waals surface area contributed by atoms with Crippen LogP contribution < -0.4 is 5.73 Å². The second kappa shape index (κ2) is 4.41. The topological polar surface area (TPSA) is 43.1 Å². The number of allylic oxidation sites excluding steroid dienone is 1. The van der Waals surface area contributed by atoms with Gasteiger partial charge >= 0.3 is 0 Å². The summed E-state index contributed by atoms with van der Waals surface area (Å²) in [6, 6.07) is 0. The van der Waals surface area contributed by atoms with Gasteiger partial charge in [-0.1, -0.05) is 32.9 Å². The monoisotopic (exact) mass is 169 g/mol. The van der Waals surface area contributed by atoms with E-state index in [1.54, 1.807) is 0 Å². The molecule has 0 radical (unpaired) electrons. The van der Waals surface area contributed by atoms with Gasteiger partial charge in [0.2, 0.25) is 0 Å². The summed E-state index contributed by atoms with van der Waals surface area (Å²) in [6.45, 7) is 9.96. The van der Waals surface area contributed by atoms with Crippen molar-refractivity contribution in [1.29, 1.82) is 0 Å². The summed E-state index contributed by atoms with van der Waals surface area (Å²) < 4.78 is 0. The van der Waals surface area contributed by atoms with Gasteiger partial charge in [-0.15, -0.1) is 0 Å². The summed E-state index contributed by atoms with van der Waals surface area (Å²) in [5, 5.41) is 0. The van der Waals surface area contributed by atoms with Crippen LogP contribution in [0.1, 0.15) is 33.6 Å². The first-order valence-electron chi connectivity index (χ1n) is 4.34. The van der Waals surface area contributed by atoms with Gasteiger partial charge in [0, 0.05) is 18.4 Å². The maximum Gasteiger partial charge on any atom is 0.143 e. The number of carbonyl (C=O) groups is 1. The summed E-state index contributed by atoms with van der Waals surface area (Å²) in [4.78, 5) is 11.5. The molecule has 0 unspecified atom stereocenters. The highest BCUT2D eigenvalue weighted by Crippen LogP contribution is 2.19. The van der Waals surface area contributed by atoms with Crippen molar-refractivity contribution in [2.75, 3.05) is 6.54 Å². The summed E-state index contributed by atoms with van der Waals surface area (Å²) in [5.74, 6) is 0.192. The first-order chi connectivity index (χ1) is 5.44. The van der Waals surface area contributed by atoms with E-state index in [1.165, 1.54) is 0 Å². The van der Waals surface area contributed by atoms with Crippen LogP contribution >= 0.6 is 0 Å². The van der Waals surface area contributed by atoms with Crippen molar-refractivity contribution in [3.8, 4) is 0 Å². The molecule has 0 amide bonds. The van der Waals surface area contributed by atoms with Crippen LogP contribution in [-0.4, -0.2) is 12.3 Å². The molecule has 0 aliphatic carbocycles. The van der Waals surface area contributed by atoms with Gasteiger partial charge in [-0.25, -0.2) is 0 Å². The fourth-order valence-corrected chi connectivity index (χ4v) is 0.705. The molecule has 0 heterocycles. The quantitative estimate of drug-likeness (QED) is 0.639. The lowest BCUT2D eigenvalue weighted by molar-refractivity contribution is -0.125. The molecule has 0 aliphatic rings. The van der Waals surface area contributed by atoms with Crippen LogP contribution in [0.5, 0.6) is 0 Å². The van der Waals surface area contributed by atoms with Crippen LogP contribution in [0.15, 0.2) is 12.2 Å². The molecule has 0 fully saturated rings. The average Bonchev–Trinajstić information content (AvgIpc) is 2.04. The molecule has 2 nitrogen and oxygen atoms in total. The Balaban J connectivity index is 4.13. The van der Waals surface area contributed by atoms with Gasteiger partial charge in [0.1, 0.15) is 5.78 Å². The predicted molar refractivity (Wildman–Crippen MR) is 51.9 cm³/mol. The number of nitrogens with two attached hydrogens (primary N) is 1. The molecule has 0 rings (SSSR count). The van der Waals surface area contributed by atoms with Crippen molar-refractivity contribution in [3.63, 3.8) is 0 Å². The maximum atomic E-state index is 11.5. The van der Waals surface area contributed by atoms with Crippen molar-refractivity contribution in [3.05, 3.63) is 12.2 Å². The molecule has 0 aromatic rings. The standard InChI is InChI=1S/C10H19NO/c1-5-8(2)6-9(12)10(3,4)7-11/h2,5-7,11H2,1,3-4H3. The van der Waals surface area contributed by atoms with Gasteiger partial charge < -0.3 is 5.73 Å². The first kappa shape index (κ1) is 11.4. The van der Waals surface area contributed by atoms with Gasteiger partial charge in [-0.2, -0.15) is 0 Å². The van der Waals surface area contributed by atoms with Gasteiger partial charge in [-0.3, -0.25) is 4.79 Å². The summed E-state index contributed by atoms with van der Waals surface area (Å²) >= 11 is 0. The molecule has 0 aliphatic heterocycles. The highest BCUT2D eigenvalue weighted by Gasteiger charge is 2.25. The van der Waals surface area contributed by atoms with Gasteiger partial charge in [0.05, 0.1) is 0 Å². The third-order valence-electron chi connectivity index (χ3n) is 2.18. The van der Waals surface area contributed by atoms with E-state index in [0.29, 0.717) is 13.0 Å². The fraction of sp³-hybridized carbons (Fsp3) is 0.700. The second-order valence-electron chi connectivity index (χ2n) is 3.79. The molecule has 0 aromatic heterocycles. The zero-order valence-corrected chi connectivity index (χ0v) is 8.31. The molecule has 0 spiro atoms. The maximum absolute atomic E-state index is 11.5. The van der Waals surface area contributed by atoms with E-state index in [1.807, 2.05) is 20.8 Å². The van der Waals surface area contributed by atoms with Crippen molar-refractivity contribution >= 4 is 5.78 Å². The Bertz CT molecular complexity index is 182. The highest BCUT2D eigenvalue weighted by atomic mass is 16.1. The molecule has 0 bridgehead atoms. The molecule has 0 saturated heterocycles. The first-order valence-corrected chi connectivity index (χ1v) is 4.34. The Kier molecular flexibility index (Phi) is 4.18. The molecule has 2 N–H and O–H groups in total. The highest BCUT2D eigenvalue weighted by molar-refractivity contribution is 5.86. The predicted octanol–water partition coefficient (Wildman–Crippen LogP) is 1.90. The number of carbonyl (C=O) groups excluding carboxylic acids is 1. The fourth-order valence-electron chi connectivity index (χ4n) is 0.705. The van der Waals surface area contributed by atoms with Crippen molar-refractivity contribution < 1.29 is 4.79 Å². The molecule has 0 aromatic carbocycles. The van der Waals surface area contributed by atoms with Crippen LogP contribution in [0, 0.1) is 5.41 Å². The lowest BCUT2D eigenvalue weighted by Gasteiger charge is -2.20. The summed E-state index contributed by atoms with van der Waals surface area (Å²) in [7, 11) is 0. The van der Waals surface area contributed by atoms with Gasteiger partial charge in [-0.05, 0) is 6.42 Å². The minimum absolute atomic E-state index is 0.192. The van der Waals surface area contributed by atoms with Crippen LogP contribution in [0.4, 0.5) is 0 Å². The van der Waals surface area contributed by atoms with E-state index in [9.17, 15) is 4.79 Å². The second-order valence-corrected chi connectivity index (χ2v) is 3.79. The summed E-state index contributed by atoms with van der Waals surface area (Å²) in [6.07, 6.45) is 1.34. The Morgan fingerprint density at radius 2 is 2.00 bits per heavy atom. The third kappa shape index (κ3) is 3.18. The smallest absolute Gasteiger partial charge is 0.143 e. The lowest BCUT2D eigenvalue weighted by atomic mass is 9.85.